The van der Waals surface area contributed by atoms with Gasteiger partial charge < -0.3 is 10.2 Å². The minimum atomic E-state index is -0.908. The van der Waals surface area contributed by atoms with Gasteiger partial charge in [-0.2, -0.15) is 0 Å². The predicted octanol–water partition coefficient (Wildman–Crippen LogP) is 8.91. The molecule has 1 fully saturated rings. The van der Waals surface area contributed by atoms with Crippen LogP contribution in [0, 0.1) is 5.41 Å². The van der Waals surface area contributed by atoms with Gasteiger partial charge in [0.25, 0.3) is 0 Å². The van der Waals surface area contributed by atoms with Crippen LogP contribution < -0.4 is 0 Å². The van der Waals surface area contributed by atoms with Crippen molar-refractivity contribution < 1.29 is 15.0 Å². The highest BCUT2D eigenvalue weighted by molar-refractivity contribution is 7.98. The summed E-state index contributed by atoms with van der Waals surface area (Å²) < 4.78 is 0. The Morgan fingerprint density at radius 3 is 2.56 bits per heavy atom. The number of pyridine rings is 1. The number of aryl methyl sites for hydroxylation is 2. The fourth-order valence-electron chi connectivity index (χ4n) is 5.72. The number of hydrogen-bond acceptors (Lipinski definition) is 4. The van der Waals surface area contributed by atoms with Crippen molar-refractivity contribution in [1.82, 2.24) is 4.98 Å². The number of nitrogens with zero attached hydrogens (tertiary/aromatic N) is 1. The van der Waals surface area contributed by atoms with Gasteiger partial charge in [-0.1, -0.05) is 72.3 Å². The van der Waals surface area contributed by atoms with E-state index in [-0.39, 0.29) is 17.1 Å². The van der Waals surface area contributed by atoms with Crippen LogP contribution in [0.3, 0.4) is 0 Å². The first-order chi connectivity index (χ1) is 19.6. The number of carboxylic acid groups (broad SMARTS) is 1. The van der Waals surface area contributed by atoms with Gasteiger partial charge in [0.2, 0.25) is 0 Å². The third-order valence-electron chi connectivity index (χ3n) is 8.24. The van der Waals surface area contributed by atoms with Crippen LogP contribution in [0.5, 0.6) is 0 Å². The average Bonchev–Trinajstić information content (AvgIpc) is 3.70. The molecule has 6 heteroatoms. The van der Waals surface area contributed by atoms with Crippen molar-refractivity contribution in [3.8, 4) is 0 Å². The molecule has 1 aliphatic carbocycles. The van der Waals surface area contributed by atoms with E-state index in [1.165, 1.54) is 11.1 Å². The van der Waals surface area contributed by atoms with Gasteiger partial charge >= 0.3 is 5.97 Å². The zero-order chi connectivity index (χ0) is 29.0. The summed E-state index contributed by atoms with van der Waals surface area (Å²) in [6.07, 6.45) is 5.83. The number of rotatable bonds is 13. The summed E-state index contributed by atoms with van der Waals surface area (Å²) in [4.78, 5) is 16.3. The molecular weight excluding hydrogens is 550 g/mol. The number of hydrogen-bond donors (Lipinski definition) is 2. The van der Waals surface area contributed by atoms with Crippen LogP contribution in [0.2, 0.25) is 5.02 Å². The third kappa shape index (κ3) is 7.91. The molecule has 1 heterocycles. The number of carbonyl (C=O) groups is 1. The van der Waals surface area contributed by atoms with Gasteiger partial charge in [0.15, 0.2) is 0 Å². The minimum absolute atomic E-state index is 0.0438. The number of halogens is 1. The Kier molecular flexibility index (Phi) is 9.08. The molecule has 1 saturated carbocycles. The zero-order valence-electron chi connectivity index (χ0n) is 23.8. The lowest BCUT2D eigenvalue weighted by molar-refractivity contribution is -0.138. The SMILES string of the molecule is CC(C)(O)c1ccccc1CS[C@@H](CCC1(CC(=O)O)CC1)c1cccc(CCc2ccc3ccc(Cl)cc3n2)c1. The maximum absolute atomic E-state index is 11.5. The normalized spacial score (nSPS) is 15.1. The maximum Gasteiger partial charge on any atom is 0.303 e. The standard InChI is InChI=1S/C35H38ClNO3S/c1-34(2,40)30-9-4-3-7-27(30)23-41-32(16-17-35(18-19-35)22-33(38)39)26-8-5-6-24(20-26)10-14-29-15-12-25-11-13-28(36)21-31(25)37-29/h3-9,11-13,15,20-21,32,40H,10,14,16-19,22-23H2,1-2H3,(H,38,39)/t32-/m0/s1. The number of benzene rings is 3. The van der Waals surface area contributed by atoms with Crippen molar-refractivity contribution in [2.75, 3.05) is 0 Å². The summed E-state index contributed by atoms with van der Waals surface area (Å²) in [5.41, 5.74) is 5.65. The van der Waals surface area contributed by atoms with E-state index in [1.807, 2.05) is 62.0 Å². The summed E-state index contributed by atoms with van der Waals surface area (Å²) in [6, 6.07) is 27.0. The molecule has 4 aromatic rings. The molecule has 0 aliphatic heterocycles. The van der Waals surface area contributed by atoms with Crippen LogP contribution >= 0.6 is 23.4 Å². The van der Waals surface area contributed by atoms with Crippen molar-refractivity contribution in [1.29, 1.82) is 0 Å². The van der Waals surface area contributed by atoms with Crippen LogP contribution in [0.15, 0.2) is 78.9 Å². The van der Waals surface area contributed by atoms with Crippen molar-refractivity contribution in [3.63, 3.8) is 0 Å². The predicted molar refractivity (Wildman–Crippen MR) is 169 cm³/mol. The Bertz CT molecular complexity index is 1530. The van der Waals surface area contributed by atoms with Gasteiger partial charge in [0, 0.05) is 27.1 Å². The Morgan fingerprint density at radius 2 is 1.80 bits per heavy atom. The van der Waals surface area contributed by atoms with E-state index in [2.05, 4.69) is 42.5 Å². The topological polar surface area (TPSA) is 70.4 Å². The second kappa shape index (κ2) is 12.6. The third-order valence-corrected chi connectivity index (χ3v) is 9.86. The van der Waals surface area contributed by atoms with Gasteiger partial charge in [0.05, 0.1) is 17.5 Å². The van der Waals surface area contributed by atoms with Crippen molar-refractivity contribution >= 4 is 40.2 Å². The Labute approximate surface area is 252 Å². The summed E-state index contributed by atoms with van der Waals surface area (Å²) in [6.45, 7) is 3.67. The molecule has 0 spiro atoms. The van der Waals surface area contributed by atoms with Gasteiger partial charge in [-0.3, -0.25) is 9.78 Å². The average molecular weight is 588 g/mol. The number of fused-ring (bicyclic) bond motifs is 1. The fourth-order valence-corrected chi connectivity index (χ4v) is 7.15. The summed E-state index contributed by atoms with van der Waals surface area (Å²) in [5, 5.41) is 22.2. The fraction of sp³-hybridized carbons (Fsp3) is 0.371. The van der Waals surface area contributed by atoms with Gasteiger partial charge in [-0.05, 0) is 98.2 Å². The number of aliphatic carboxylic acids is 1. The molecule has 5 rings (SSSR count). The highest BCUT2D eigenvalue weighted by atomic mass is 35.5. The van der Waals surface area contributed by atoms with E-state index in [9.17, 15) is 15.0 Å². The second-order valence-corrected chi connectivity index (χ2v) is 13.6. The lowest BCUT2D eigenvalue weighted by atomic mass is 9.93. The quantitative estimate of drug-likeness (QED) is 0.163. The second-order valence-electron chi connectivity index (χ2n) is 12.0. The molecular formula is C35H38ClNO3S. The molecule has 41 heavy (non-hydrogen) atoms. The van der Waals surface area contributed by atoms with E-state index < -0.39 is 11.6 Å². The van der Waals surface area contributed by atoms with Crippen molar-refractivity contribution in [2.24, 2.45) is 5.41 Å². The van der Waals surface area contributed by atoms with Gasteiger partial charge in [-0.15, -0.1) is 11.8 Å². The molecule has 3 aromatic carbocycles. The van der Waals surface area contributed by atoms with E-state index in [0.717, 1.165) is 72.0 Å². The molecule has 4 nitrogen and oxygen atoms in total. The van der Waals surface area contributed by atoms with E-state index in [0.29, 0.717) is 5.02 Å². The van der Waals surface area contributed by atoms with Gasteiger partial charge in [-0.25, -0.2) is 0 Å². The molecule has 1 aromatic heterocycles. The van der Waals surface area contributed by atoms with Crippen LogP contribution in [-0.4, -0.2) is 21.2 Å². The molecule has 0 unspecified atom stereocenters. The highest BCUT2D eigenvalue weighted by Crippen LogP contribution is 2.54. The summed E-state index contributed by atoms with van der Waals surface area (Å²) >= 11 is 8.07. The molecule has 0 radical (unpaired) electrons. The molecule has 0 amide bonds. The monoisotopic (exact) mass is 587 g/mol. The molecule has 2 N–H and O–H groups in total. The first-order valence-corrected chi connectivity index (χ1v) is 15.8. The van der Waals surface area contributed by atoms with Crippen molar-refractivity contribution in [3.05, 3.63) is 112 Å². The number of aromatic nitrogens is 1. The van der Waals surface area contributed by atoms with Crippen LogP contribution in [0.25, 0.3) is 10.9 Å². The molecule has 1 aliphatic rings. The van der Waals surface area contributed by atoms with Crippen LogP contribution in [-0.2, 0) is 29.0 Å². The Balaban J connectivity index is 1.33. The zero-order valence-corrected chi connectivity index (χ0v) is 25.3. The van der Waals surface area contributed by atoms with Crippen LogP contribution in [0.1, 0.15) is 79.1 Å². The minimum Gasteiger partial charge on any atom is -0.481 e. The highest BCUT2D eigenvalue weighted by Gasteiger charge is 2.44. The first kappa shape index (κ1) is 29.6. The lowest BCUT2D eigenvalue weighted by Gasteiger charge is -2.24. The molecule has 0 saturated heterocycles. The van der Waals surface area contributed by atoms with E-state index in [1.54, 1.807) is 0 Å². The van der Waals surface area contributed by atoms with E-state index in [4.69, 9.17) is 16.6 Å². The molecule has 214 valence electrons. The number of thioether (sulfide) groups is 1. The summed E-state index contributed by atoms with van der Waals surface area (Å²) in [5.74, 6) is 0.0854. The molecule has 0 bridgehead atoms. The first-order valence-electron chi connectivity index (χ1n) is 14.4. The number of carboxylic acids is 1. The van der Waals surface area contributed by atoms with Gasteiger partial charge in [0.1, 0.15) is 0 Å². The van der Waals surface area contributed by atoms with E-state index >= 15 is 0 Å². The molecule has 1 atom stereocenters. The summed E-state index contributed by atoms with van der Waals surface area (Å²) in [7, 11) is 0. The largest absolute Gasteiger partial charge is 0.481 e. The Morgan fingerprint density at radius 1 is 1.02 bits per heavy atom. The van der Waals surface area contributed by atoms with Crippen molar-refractivity contribution in [2.45, 2.75) is 75.4 Å². The smallest absolute Gasteiger partial charge is 0.303 e. The maximum atomic E-state index is 11.5. The van der Waals surface area contributed by atoms with Crippen LogP contribution in [0.4, 0.5) is 0 Å². The lowest BCUT2D eigenvalue weighted by Crippen LogP contribution is -2.17. The Hall–Kier alpha value is -2.86. The number of aliphatic hydroxyl groups is 1.